The van der Waals surface area contributed by atoms with Crippen LogP contribution in [0.3, 0.4) is 0 Å². The quantitative estimate of drug-likeness (QED) is 0.738. The maximum absolute atomic E-state index is 13.3. The summed E-state index contributed by atoms with van der Waals surface area (Å²) in [5.41, 5.74) is 0.900. The molecule has 0 saturated carbocycles. The lowest BCUT2D eigenvalue weighted by Gasteiger charge is -2.02. The van der Waals surface area contributed by atoms with Crippen molar-refractivity contribution < 1.29 is 9.18 Å². The molecule has 4 heteroatoms. The summed E-state index contributed by atoms with van der Waals surface area (Å²) < 4.78 is 14.9. The molecule has 82 valence electrons. The van der Waals surface area contributed by atoms with E-state index in [1.807, 2.05) is 0 Å². The first-order valence-corrected chi connectivity index (χ1v) is 4.91. The lowest BCUT2D eigenvalue weighted by Crippen LogP contribution is -2.09. The van der Waals surface area contributed by atoms with Gasteiger partial charge in [-0.25, -0.2) is 9.37 Å². The highest BCUT2D eigenvalue weighted by molar-refractivity contribution is 5.95. The van der Waals surface area contributed by atoms with Crippen molar-refractivity contribution in [3.63, 3.8) is 0 Å². The third-order valence-corrected chi connectivity index (χ3v) is 2.41. The van der Waals surface area contributed by atoms with Crippen molar-refractivity contribution >= 4 is 5.78 Å². The van der Waals surface area contributed by atoms with Crippen LogP contribution in [0.2, 0.25) is 0 Å². The Kier molecular flexibility index (Phi) is 2.81. The van der Waals surface area contributed by atoms with Gasteiger partial charge in [-0.05, 0) is 11.6 Å². The summed E-state index contributed by atoms with van der Waals surface area (Å²) in [5.74, 6) is -0.483. The van der Waals surface area contributed by atoms with E-state index in [2.05, 4.69) is 4.98 Å². The van der Waals surface area contributed by atoms with Crippen LogP contribution in [0, 0.1) is 5.82 Å². The van der Waals surface area contributed by atoms with Crippen molar-refractivity contribution in [2.75, 3.05) is 0 Å². The summed E-state index contributed by atoms with van der Waals surface area (Å²) in [4.78, 5) is 15.7. The number of hydrogen-bond donors (Lipinski definition) is 0. The Morgan fingerprint density at radius 1 is 1.44 bits per heavy atom. The van der Waals surface area contributed by atoms with E-state index in [4.69, 9.17) is 0 Å². The van der Waals surface area contributed by atoms with Gasteiger partial charge in [0.05, 0.1) is 12.5 Å². The van der Waals surface area contributed by atoms with Crippen LogP contribution >= 0.6 is 0 Å². The summed E-state index contributed by atoms with van der Waals surface area (Å²) in [7, 11) is 1.74. The van der Waals surface area contributed by atoms with E-state index in [0.717, 1.165) is 0 Å². The number of ketones is 1. The SMILES string of the molecule is Cn1cncc1C(=O)Cc1ccccc1F. The summed E-state index contributed by atoms with van der Waals surface area (Å²) in [6.45, 7) is 0. The average molecular weight is 218 g/mol. The molecule has 2 aromatic rings. The Bertz CT molecular complexity index is 519. The number of halogens is 1. The van der Waals surface area contributed by atoms with Gasteiger partial charge < -0.3 is 4.57 Å². The lowest BCUT2D eigenvalue weighted by molar-refractivity contribution is 0.0984. The van der Waals surface area contributed by atoms with Gasteiger partial charge in [-0.15, -0.1) is 0 Å². The number of benzene rings is 1. The maximum Gasteiger partial charge on any atom is 0.185 e. The third-order valence-electron chi connectivity index (χ3n) is 2.41. The minimum atomic E-state index is -0.349. The number of carbonyl (C=O) groups is 1. The first-order chi connectivity index (χ1) is 7.68. The molecule has 0 N–H and O–H groups in total. The fourth-order valence-electron chi connectivity index (χ4n) is 1.53. The van der Waals surface area contributed by atoms with Crippen LogP contribution in [-0.2, 0) is 13.5 Å². The fourth-order valence-corrected chi connectivity index (χ4v) is 1.53. The number of imidazole rings is 1. The molecule has 0 spiro atoms. The Labute approximate surface area is 92.5 Å². The van der Waals surface area contributed by atoms with Crippen molar-refractivity contribution in [1.82, 2.24) is 9.55 Å². The average Bonchev–Trinajstić information content (AvgIpc) is 2.68. The van der Waals surface area contributed by atoms with Crippen LogP contribution in [0.25, 0.3) is 0 Å². The van der Waals surface area contributed by atoms with Crippen molar-refractivity contribution in [3.8, 4) is 0 Å². The van der Waals surface area contributed by atoms with Crippen molar-refractivity contribution in [2.24, 2.45) is 7.05 Å². The molecule has 0 aliphatic carbocycles. The summed E-state index contributed by atoms with van der Waals surface area (Å²) >= 11 is 0. The minimum absolute atomic E-state index is 0.0617. The normalized spacial score (nSPS) is 10.4. The molecule has 0 bridgehead atoms. The molecule has 3 nitrogen and oxygen atoms in total. The zero-order valence-electron chi connectivity index (χ0n) is 8.85. The van der Waals surface area contributed by atoms with Crippen molar-refractivity contribution in [3.05, 3.63) is 53.9 Å². The topological polar surface area (TPSA) is 34.9 Å². The second-order valence-corrected chi connectivity index (χ2v) is 3.58. The zero-order chi connectivity index (χ0) is 11.5. The molecule has 0 atom stereocenters. The number of aryl methyl sites for hydroxylation is 1. The lowest BCUT2D eigenvalue weighted by atomic mass is 10.1. The van der Waals surface area contributed by atoms with E-state index in [-0.39, 0.29) is 18.0 Å². The number of aromatic nitrogens is 2. The first kappa shape index (κ1) is 10.5. The standard InChI is InChI=1S/C12H11FN2O/c1-15-8-14-7-11(15)12(16)6-9-4-2-3-5-10(9)13/h2-5,7-8H,6H2,1H3. The monoisotopic (exact) mass is 218 g/mol. The predicted octanol–water partition coefficient (Wildman–Crippen LogP) is 1.98. The summed E-state index contributed by atoms with van der Waals surface area (Å²) in [6, 6.07) is 6.29. The van der Waals surface area contributed by atoms with Gasteiger partial charge in [-0.2, -0.15) is 0 Å². The Morgan fingerprint density at radius 2 is 2.19 bits per heavy atom. The number of hydrogen-bond acceptors (Lipinski definition) is 2. The molecule has 0 radical (unpaired) electrons. The van der Waals surface area contributed by atoms with Gasteiger partial charge in [-0.1, -0.05) is 18.2 Å². The smallest absolute Gasteiger partial charge is 0.185 e. The van der Waals surface area contributed by atoms with Crippen LogP contribution in [0.4, 0.5) is 4.39 Å². The molecule has 0 aliphatic heterocycles. The molecular formula is C12H11FN2O. The van der Waals surface area contributed by atoms with Gasteiger partial charge in [0.25, 0.3) is 0 Å². The van der Waals surface area contributed by atoms with Crippen molar-refractivity contribution in [1.29, 1.82) is 0 Å². The van der Waals surface area contributed by atoms with E-state index in [1.54, 1.807) is 36.1 Å². The second kappa shape index (κ2) is 4.26. The van der Waals surface area contributed by atoms with Gasteiger partial charge in [0.2, 0.25) is 0 Å². The maximum atomic E-state index is 13.3. The molecule has 0 saturated heterocycles. The van der Waals surface area contributed by atoms with Crippen LogP contribution in [0.5, 0.6) is 0 Å². The van der Waals surface area contributed by atoms with Gasteiger partial charge >= 0.3 is 0 Å². The summed E-state index contributed by atoms with van der Waals surface area (Å²) in [5, 5.41) is 0. The molecule has 0 unspecified atom stereocenters. The first-order valence-electron chi connectivity index (χ1n) is 4.91. The largest absolute Gasteiger partial charge is 0.331 e. The van der Waals surface area contributed by atoms with Gasteiger partial charge in [-0.3, -0.25) is 4.79 Å². The van der Waals surface area contributed by atoms with E-state index >= 15 is 0 Å². The van der Waals surface area contributed by atoms with Crippen LogP contribution in [0.15, 0.2) is 36.8 Å². The minimum Gasteiger partial charge on any atom is -0.331 e. The molecule has 1 heterocycles. The van der Waals surface area contributed by atoms with Crippen LogP contribution in [0.1, 0.15) is 16.1 Å². The molecule has 0 fully saturated rings. The number of rotatable bonds is 3. The van der Waals surface area contributed by atoms with Gasteiger partial charge in [0, 0.05) is 13.5 Å². The fraction of sp³-hybridized carbons (Fsp3) is 0.167. The van der Waals surface area contributed by atoms with Gasteiger partial charge in [0.15, 0.2) is 5.78 Å². The van der Waals surface area contributed by atoms with Crippen LogP contribution < -0.4 is 0 Å². The molecular weight excluding hydrogens is 207 g/mol. The highest BCUT2D eigenvalue weighted by Gasteiger charge is 2.12. The number of carbonyl (C=O) groups excluding carboxylic acids is 1. The van der Waals surface area contributed by atoms with Gasteiger partial charge in [0.1, 0.15) is 11.5 Å². The van der Waals surface area contributed by atoms with Crippen molar-refractivity contribution in [2.45, 2.75) is 6.42 Å². The van der Waals surface area contributed by atoms with E-state index in [9.17, 15) is 9.18 Å². The van der Waals surface area contributed by atoms with Crippen LogP contribution in [-0.4, -0.2) is 15.3 Å². The zero-order valence-corrected chi connectivity index (χ0v) is 8.85. The Balaban J connectivity index is 2.21. The second-order valence-electron chi connectivity index (χ2n) is 3.58. The molecule has 1 aromatic carbocycles. The molecule has 2 rings (SSSR count). The third kappa shape index (κ3) is 2.00. The predicted molar refractivity (Wildman–Crippen MR) is 57.6 cm³/mol. The summed E-state index contributed by atoms with van der Waals surface area (Å²) in [6.07, 6.45) is 3.10. The molecule has 1 aromatic heterocycles. The van der Waals surface area contributed by atoms with E-state index in [1.165, 1.54) is 12.3 Å². The Hall–Kier alpha value is -1.97. The Morgan fingerprint density at radius 3 is 2.81 bits per heavy atom. The molecule has 16 heavy (non-hydrogen) atoms. The number of nitrogens with zero attached hydrogens (tertiary/aromatic N) is 2. The molecule has 0 amide bonds. The highest BCUT2D eigenvalue weighted by atomic mass is 19.1. The number of Topliss-reactive ketones (excluding diaryl/α,β-unsaturated/α-hetero) is 1. The van der Waals surface area contributed by atoms with E-state index < -0.39 is 0 Å². The van der Waals surface area contributed by atoms with E-state index in [0.29, 0.717) is 11.3 Å². The molecule has 0 aliphatic rings. The highest BCUT2D eigenvalue weighted by Crippen LogP contribution is 2.10.